The summed E-state index contributed by atoms with van der Waals surface area (Å²) in [5.74, 6) is 0.714. The van der Waals surface area contributed by atoms with Crippen molar-refractivity contribution in [2.45, 2.75) is 32.9 Å². The topological polar surface area (TPSA) is 56.7 Å². The van der Waals surface area contributed by atoms with E-state index in [9.17, 15) is 5.11 Å². The lowest BCUT2D eigenvalue weighted by atomic mass is 10.1. The van der Waals surface area contributed by atoms with Crippen LogP contribution in [0.25, 0.3) is 0 Å². The maximum Gasteiger partial charge on any atom is 0.191 e. The largest absolute Gasteiger partial charge is 0.383 e. The minimum atomic E-state index is -0.909. The molecular weight excluding hydrogens is 306 g/mol. The molecule has 1 atom stereocenters. The molecule has 23 heavy (non-hydrogen) atoms. The third-order valence-corrected chi connectivity index (χ3v) is 4.62. The molecule has 1 aromatic heterocycles. The molecule has 0 saturated carbocycles. The van der Waals surface area contributed by atoms with Crippen molar-refractivity contribution < 1.29 is 5.11 Å². The second-order valence-corrected chi connectivity index (χ2v) is 6.74. The SMILES string of the molecule is CCNC(=NCc1cccc(C)c1)NCC(C)(O)c1cccs1. The Hall–Kier alpha value is -1.85. The molecule has 0 saturated heterocycles. The van der Waals surface area contributed by atoms with Gasteiger partial charge in [0.1, 0.15) is 5.60 Å². The zero-order valence-corrected chi connectivity index (χ0v) is 14.8. The number of benzene rings is 1. The van der Waals surface area contributed by atoms with E-state index in [1.807, 2.05) is 37.4 Å². The predicted molar refractivity (Wildman–Crippen MR) is 97.9 cm³/mol. The molecule has 5 heteroatoms. The van der Waals surface area contributed by atoms with Gasteiger partial charge in [0, 0.05) is 11.4 Å². The molecule has 2 rings (SSSR count). The number of aryl methyl sites for hydroxylation is 1. The van der Waals surface area contributed by atoms with E-state index >= 15 is 0 Å². The van der Waals surface area contributed by atoms with Gasteiger partial charge in [0.25, 0.3) is 0 Å². The number of nitrogens with zero attached hydrogens (tertiary/aromatic N) is 1. The molecule has 1 heterocycles. The third-order valence-electron chi connectivity index (χ3n) is 3.50. The summed E-state index contributed by atoms with van der Waals surface area (Å²) in [5.41, 5.74) is 1.50. The van der Waals surface area contributed by atoms with E-state index in [0.717, 1.165) is 11.4 Å². The zero-order valence-electron chi connectivity index (χ0n) is 14.0. The quantitative estimate of drug-likeness (QED) is 0.563. The van der Waals surface area contributed by atoms with E-state index < -0.39 is 5.60 Å². The molecule has 0 bridgehead atoms. The Morgan fingerprint density at radius 2 is 2.09 bits per heavy atom. The molecule has 0 spiro atoms. The monoisotopic (exact) mass is 331 g/mol. The van der Waals surface area contributed by atoms with Gasteiger partial charge in [-0.15, -0.1) is 11.3 Å². The summed E-state index contributed by atoms with van der Waals surface area (Å²) in [7, 11) is 0. The first-order valence-electron chi connectivity index (χ1n) is 7.85. The molecule has 0 fully saturated rings. The van der Waals surface area contributed by atoms with Gasteiger partial charge >= 0.3 is 0 Å². The molecule has 1 unspecified atom stereocenters. The van der Waals surface area contributed by atoms with Crippen LogP contribution in [0.15, 0.2) is 46.8 Å². The average molecular weight is 331 g/mol. The molecule has 4 nitrogen and oxygen atoms in total. The number of thiophene rings is 1. The van der Waals surface area contributed by atoms with Crippen LogP contribution in [0.5, 0.6) is 0 Å². The number of aliphatic imine (C=N–C) groups is 1. The molecule has 1 aromatic carbocycles. The minimum Gasteiger partial charge on any atom is -0.383 e. The molecule has 3 N–H and O–H groups in total. The lowest BCUT2D eigenvalue weighted by molar-refractivity contribution is 0.0655. The average Bonchev–Trinajstić information content (AvgIpc) is 3.05. The normalized spacial score (nSPS) is 14.3. The van der Waals surface area contributed by atoms with Crippen molar-refractivity contribution in [3.8, 4) is 0 Å². The number of hydrogen-bond acceptors (Lipinski definition) is 3. The summed E-state index contributed by atoms with van der Waals surface area (Å²) in [6.07, 6.45) is 0. The van der Waals surface area contributed by atoms with Crippen molar-refractivity contribution in [3.05, 3.63) is 57.8 Å². The van der Waals surface area contributed by atoms with Crippen LogP contribution in [-0.2, 0) is 12.1 Å². The lowest BCUT2D eigenvalue weighted by Gasteiger charge is -2.23. The van der Waals surface area contributed by atoms with E-state index in [2.05, 4.69) is 40.7 Å². The number of nitrogens with one attached hydrogen (secondary N) is 2. The first-order chi connectivity index (χ1) is 11.0. The molecule has 124 valence electrons. The van der Waals surface area contributed by atoms with Gasteiger partial charge in [-0.25, -0.2) is 4.99 Å². The Morgan fingerprint density at radius 1 is 1.26 bits per heavy atom. The highest BCUT2D eigenvalue weighted by atomic mass is 32.1. The molecule has 0 aliphatic carbocycles. The van der Waals surface area contributed by atoms with Crippen molar-refractivity contribution in [1.29, 1.82) is 0 Å². The highest BCUT2D eigenvalue weighted by molar-refractivity contribution is 7.10. The van der Waals surface area contributed by atoms with Crippen LogP contribution in [0.2, 0.25) is 0 Å². The van der Waals surface area contributed by atoms with Gasteiger partial charge in [0.05, 0.1) is 13.1 Å². The molecule has 0 amide bonds. The lowest BCUT2D eigenvalue weighted by Crippen LogP contribution is -2.44. The minimum absolute atomic E-state index is 0.410. The maximum absolute atomic E-state index is 10.6. The fraction of sp³-hybridized carbons (Fsp3) is 0.389. The Morgan fingerprint density at radius 3 is 2.74 bits per heavy atom. The summed E-state index contributed by atoms with van der Waals surface area (Å²) >= 11 is 1.56. The van der Waals surface area contributed by atoms with Crippen LogP contribution in [0.3, 0.4) is 0 Å². The van der Waals surface area contributed by atoms with Gasteiger partial charge in [0.2, 0.25) is 0 Å². The van der Waals surface area contributed by atoms with E-state index in [-0.39, 0.29) is 0 Å². The van der Waals surface area contributed by atoms with Gasteiger partial charge in [-0.3, -0.25) is 0 Å². The molecule has 0 radical (unpaired) electrons. The Balaban J connectivity index is 1.99. The second kappa shape index (κ2) is 8.13. The van der Waals surface area contributed by atoms with E-state index in [1.54, 1.807) is 11.3 Å². The highest BCUT2D eigenvalue weighted by Gasteiger charge is 2.24. The number of aliphatic hydroxyl groups is 1. The number of hydrogen-bond donors (Lipinski definition) is 3. The summed E-state index contributed by atoms with van der Waals surface area (Å²) in [6.45, 7) is 7.72. The standard InChI is InChI=1S/C18H25N3OS/c1-4-19-17(20-12-15-8-5-7-14(2)11-15)21-13-18(3,22)16-9-6-10-23-16/h5-11,22H,4,12-13H2,1-3H3,(H2,19,20,21). The van der Waals surface area contributed by atoms with E-state index in [1.165, 1.54) is 11.1 Å². The van der Waals surface area contributed by atoms with Crippen molar-refractivity contribution in [2.24, 2.45) is 4.99 Å². The van der Waals surface area contributed by atoms with E-state index in [0.29, 0.717) is 19.0 Å². The van der Waals surface area contributed by atoms with Gasteiger partial charge < -0.3 is 15.7 Å². The molecular formula is C18H25N3OS. The first kappa shape index (κ1) is 17.5. The Bertz CT molecular complexity index is 635. The number of guanidine groups is 1. The van der Waals surface area contributed by atoms with Crippen LogP contribution in [0.4, 0.5) is 0 Å². The summed E-state index contributed by atoms with van der Waals surface area (Å²) in [6, 6.07) is 12.2. The summed E-state index contributed by atoms with van der Waals surface area (Å²) in [4.78, 5) is 5.54. The smallest absolute Gasteiger partial charge is 0.191 e. The number of rotatable bonds is 6. The van der Waals surface area contributed by atoms with Crippen molar-refractivity contribution in [2.75, 3.05) is 13.1 Å². The maximum atomic E-state index is 10.6. The summed E-state index contributed by atoms with van der Waals surface area (Å²) in [5, 5.41) is 19.0. The zero-order chi connectivity index (χ0) is 16.7. The van der Waals surface area contributed by atoms with Crippen molar-refractivity contribution >= 4 is 17.3 Å². The van der Waals surface area contributed by atoms with Gasteiger partial charge in [-0.2, -0.15) is 0 Å². The second-order valence-electron chi connectivity index (χ2n) is 5.79. The van der Waals surface area contributed by atoms with E-state index in [4.69, 9.17) is 0 Å². The third kappa shape index (κ3) is 5.37. The Kier molecular flexibility index (Phi) is 6.19. The van der Waals surface area contributed by atoms with Crippen LogP contribution in [0.1, 0.15) is 29.9 Å². The molecule has 0 aliphatic heterocycles. The Labute approximate surface area is 142 Å². The van der Waals surface area contributed by atoms with Gasteiger partial charge in [-0.05, 0) is 37.8 Å². The van der Waals surface area contributed by atoms with Crippen molar-refractivity contribution in [1.82, 2.24) is 10.6 Å². The predicted octanol–water partition coefficient (Wildman–Crippen LogP) is 3.02. The first-order valence-corrected chi connectivity index (χ1v) is 8.73. The van der Waals surface area contributed by atoms with Crippen LogP contribution >= 0.6 is 11.3 Å². The van der Waals surface area contributed by atoms with Gasteiger partial charge in [0.15, 0.2) is 5.96 Å². The van der Waals surface area contributed by atoms with Gasteiger partial charge in [-0.1, -0.05) is 35.9 Å². The molecule has 0 aliphatic rings. The fourth-order valence-electron chi connectivity index (χ4n) is 2.25. The summed E-state index contributed by atoms with van der Waals surface area (Å²) < 4.78 is 0. The fourth-order valence-corrected chi connectivity index (χ4v) is 3.04. The highest BCUT2D eigenvalue weighted by Crippen LogP contribution is 2.24. The van der Waals surface area contributed by atoms with Crippen molar-refractivity contribution in [3.63, 3.8) is 0 Å². The van der Waals surface area contributed by atoms with Crippen LogP contribution in [-0.4, -0.2) is 24.2 Å². The molecule has 2 aromatic rings. The van der Waals surface area contributed by atoms with Crippen LogP contribution < -0.4 is 10.6 Å². The van der Waals surface area contributed by atoms with Crippen LogP contribution in [0, 0.1) is 6.92 Å².